The van der Waals surface area contributed by atoms with Crippen LogP contribution in [0, 0.1) is 6.92 Å². The van der Waals surface area contributed by atoms with Crippen molar-refractivity contribution >= 4 is 12.1 Å². The topological polar surface area (TPSA) is 74.3 Å². The summed E-state index contributed by atoms with van der Waals surface area (Å²) >= 11 is 0. The number of carbonyl (C=O) groups excluding carboxylic acids is 2. The van der Waals surface area contributed by atoms with Crippen LogP contribution >= 0.6 is 0 Å². The molecule has 1 aliphatic rings. The number of ether oxygens (including phenoxy) is 4. The Hall–Kier alpha value is -3.06. The summed E-state index contributed by atoms with van der Waals surface area (Å²) in [5.74, 6) is 0.548. The van der Waals surface area contributed by atoms with Gasteiger partial charge in [-0.1, -0.05) is 38.5 Å². The van der Waals surface area contributed by atoms with Gasteiger partial charge >= 0.3 is 12.1 Å². The van der Waals surface area contributed by atoms with Crippen LogP contribution in [0.1, 0.15) is 87.8 Å². The fourth-order valence-corrected chi connectivity index (χ4v) is 4.45. The average Bonchev–Trinajstić information content (AvgIpc) is 3.28. The van der Waals surface area contributed by atoms with Crippen LogP contribution in [0.4, 0.5) is 4.79 Å². The summed E-state index contributed by atoms with van der Waals surface area (Å²) in [7, 11) is 0. The van der Waals surface area contributed by atoms with Crippen LogP contribution in [0.5, 0.6) is 17.2 Å². The minimum absolute atomic E-state index is 0.102. The molecule has 0 unspecified atom stereocenters. The molecule has 3 rings (SSSR count). The Kier molecular flexibility index (Phi) is 9.37. The molecule has 0 amide bonds. The van der Waals surface area contributed by atoms with Crippen LogP contribution in [0.25, 0.3) is 0 Å². The number of hydrogen-bond acceptors (Lipinski definition) is 7. The molecule has 1 heterocycles. The largest absolute Gasteiger partial charge is 0.514 e. The maximum absolute atomic E-state index is 13.4. The predicted octanol–water partition coefficient (Wildman–Crippen LogP) is 6.86. The van der Waals surface area contributed by atoms with Gasteiger partial charge in [0.25, 0.3) is 0 Å². The zero-order chi connectivity index (χ0) is 26.3. The Morgan fingerprint density at radius 3 is 2.44 bits per heavy atom. The summed E-state index contributed by atoms with van der Waals surface area (Å²) in [6, 6.07) is 10.7. The van der Waals surface area contributed by atoms with Crippen LogP contribution in [-0.4, -0.2) is 42.3 Å². The summed E-state index contributed by atoms with van der Waals surface area (Å²) < 4.78 is 23.0. The molecule has 0 spiro atoms. The first-order valence-corrected chi connectivity index (χ1v) is 12.9. The molecule has 1 aliphatic heterocycles. The summed E-state index contributed by atoms with van der Waals surface area (Å²) in [5, 5.41) is 0. The summed E-state index contributed by atoms with van der Waals surface area (Å²) in [5.41, 5.74) is 0.915. The van der Waals surface area contributed by atoms with Crippen molar-refractivity contribution in [1.82, 2.24) is 4.90 Å². The number of nitrogens with zero attached hydrogens (tertiary/aromatic N) is 1. The quantitative estimate of drug-likeness (QED) is 0.162. The molecule has 36 heavy (non-hydrogen) atoms. The van der Waals surface area contributed by atoms with E-state index in [0.29, 0.717) is 23.7 Å². The second-order valence-corrected chi connectivity index (χ2v) is 10.1. The highest BCUT2D eigenvalue weighted by Crippen LogP contribution is 2.43. The third-order valence-electron chi connectivity index (χ3n) is 6.12. The SMILES string of the molecule is CCCCOc1c([C@@H]2CCCN2CC)cc(OC(=O)OC(C)(C)C)c(C(=O)Oc2ccccc2)c1C. The van der Waals surface area contributed by atoms with Gasteiger partial charge in [-0.2, -0.15) is 0 Å². The van der Waals surface area contributed by atoms with Gasteiger partial charge in [0.05, 0.1) is 6.61 Å². The van der Waals surface area contributed by atoms with Crippen molar-refractivity contribution in [2.75, 3.05) is 19.7 Å². The first kappa shape index (κ1) is 27.5. The Balaban J connectivity index is 2.11. The second kappa shape index (κ2) is 12.3. The molecule has 1 fully saturated rings. The molecule has 0 saturated carbocycles. The molecule has 1 atom stereocenters. The van der Waals surface area contributed by atoms with E-state index in [1.165, 1.54) is 0 Å². The van der Waals surface area contributed by atoms with E-state index >= 15 is 0 Å². The molecule has 0 bridgehead atoms. The summed E-state index contributed by atoms with van der Waals surface area (Å²) in [6.45, 7) is 13.7. The van der Waals surface area contributed by atoms with Gasteiger partial charge < -0.3 is 18.9 Å². The van der Waals surface area contributed by atoms with Crippen molar-refractivity contribution in [2.45, 2.75) is 78.9 Å². The van der Waals surface area contributed by atoms with Gasteiger partial charge in [-0.15, -0.1) is 0 Å². The zero-order valence-corrected chi connectivity index (χ0v) is 22.4. The highest BCUT2D eigenvalue weighted by Gasteiger charge is 2.33. The van der Waals surface area contributed by atoms with Gasteiger partial charge in [0.1, 0.15) is 28.4 Å². The number of benzene rings is 2. The van der Waals surface area contributed by atoms with Crippen molar-refractivity contribution in [3.05, 3.63) is 53.1 Å². The molecule has 2 aromatic rings. The van der Waals surface area contributed by atoms with E-state index in [2.05, 4.69) is 18.7 Å². The second-order valence-electron chi connectivity index (χ2n) is 10.1. The van der Waals surface area contributed by atoms with Gasteiger partial charge in [0.2, 0.25) is 0 Å². The standard InChI is InChI=1S/C29H39NO6/c1-7-9-18-33-26-20(3)25(27(31)34-21-14-11-10-12-15-21)24(35-28(32)36-29(4,5)6)19-22(26)23-16-13-17-30(23)8-2/h10-12,14-15,19,23H,7-9,13,16-18H2,1-6H3/t23-/m0/s1. The Bertz CT molecular complexity index is 1040. The van der Waals surface area contributed by atoms with Crippen LogP contribution in [0.3, 0.4) is 0 Å². The van der Waals surface area contributed by atoms with Gasteiger partial charge in [-0.25, -0.2) is 9.59 Å². The zero-order valence-electron chi connectivity index (χ0n) is 22.4. The lowest BCUT2D eigenvalue weighted by molar-refractivity contribution is 0.0203. The smallest absolute Gasteiger partial charge is 0.493 e. The lowest BCUT2D eigenvalue weighted by Crippen LogP contribution is -2.27. The molecule has 0 N–H and O–H groups in total. The van der Waals surface area contributed by atoms with Crippen molar-refractivity contribution in [2.24, 2.45) is 0 Å². The molecule has 1 saturated heterocycles. The highest BCUT2D eigenvalue weighted by atomic mass is 16.7. The van der Waals surface area contributed by atoms with Gasteiger partial charge in [0.15, 0.2) is 0 Å². The summed E-state index contributed by atoms with van der Waals surface area (Å²) in [4.78, 5) is 28.5. The van der Waals surface area contributed by atoms with Crippen LogP contribution < -0.4 is 14.2 Å². The normalized spacial score (nSPS) is 16.0. The van der Waals surface area contributed by atoms with Gasteiger partial charge in [0, 0.05) is 17.2 Å². The lowest BCUT2D eigenvalue weighted by atomic mass is 9.95. The lowest BCUT2D eigenvalue weighted by Gasteiger charge is -2.28. The van der Waals surface area contributed by atoms with Crippen LogP contribution in [0.15, 0.2) is 36.4 Å². The van der Waals surface area contributed by atoms with E-state index in [1.54, 1.807) is 51.1 Å². The molecule has 7 heteroatoms. The Morgan fingerprint density at radius 1 is 1.08 bits per heavy atom. The molecule has 196 valence electrons. The predicted molar refractivity (Wildman–Crippen MR) is 139 cm³/mol. The van der Waals surface area contributed by atoms with Crippen LogP contribution in [0.2, 0.25) is 0 Å². The van der Waals surface area contributed by atoms with E-state index in [-0.39, 0.29) is 17.4 Å². The molecule has 0 aliphatic carbocycles. The van der Waals surface area contributed by atoms with Gasteiger partial charge in [-0.05, 0) is 78.2 Å². The summed E-state index contributed by atoms with van der Waals surface area (Å²) in [6.07, 6.45) is 3.02. The molecule has 7 nitrogen and oxygen atoms in total. The maximum atomic E-state index is 13.4. The molecule has 0 radical (unpaired) electrons. The minimum Gasteiger partial charge on any atom is -0.493 e. The van der Waals surface area contributed by atoms with E-state index in [4.69, 9.17) is 18.9 Å². The average molecular weight is 498 g/mol. The van der Waals surface area contributed by atoms with E-state index in [1.807, 2.05) is 13.0 Å². The number of carbonyl (C=O) groups is 2. The highest BCUT2D eigenvalue weighted by molar-refractivity contribution is 5.97. The molecular formula is C29H39NO6. The third-order valence-corrected chi connectivity index (χ3v) is 6.12. The van der Waals surface area contributed by atoms with Crippen LogP contribution in [-0.2, 0) is 4.74 Å². The van der Waals surface area contributed by atoms with Crippen molar-refractivity contribution in [1.29, 1.82) is 0 Å². The van der Waals surface area contributed by atoms with Crippen molar-refractivity contribution in [3.63, 3.8) is 0 Å². The number of para-hydroxylation sites is 1. The Morgan fingerprint density at radius 2 is 1.81 bits per heavy atom. The Labute approximate surface area is 214 Å². The number of likely N-dealkylation sites (tertiary alicyclic amines) is 1. The fraction of sp³-hybridized carbons (Fsp3) is 0.517. The number of esters is 1. The fourth-order valence-electron chi connectivity index (χ4n) is 4.45. The third kappa shape index (κ3) is 7.00. The van der Waals surface area contributed by atoms with Gasteiger partial charge in [-0.3, -0.25) is 4.90 Å². The monoisotopic (exact) mass is 497 g/mol. The number of hydrogen-bond donors (Lipinski definition) is 0. The number of rotatable bonds is 9. The van der Waals surface area contributed by atoms with Crippen molar-refractivity contribution in [3.8, 4) is 17.2 Å². The van der Waals surface area contributed by atoms with E-state index in [0.717, 1.165) is 44.3 Å². The molecular weight excluding hydrogens is 458 g/mol. The number of unbranched alkanes of at least 4 members (excludes halogenated alkanes) is 1. The first-order valence-electron chi connectivity index (χ1n) is 12.9. The molecule has 0 aromatic heterocycles. The maximum Gasteiger partial charge on any atom is 0.514 e. The molecule has 2 aromatic carbocycles. The minimum atomic E-state index is -0.875. The van der Waals surface area contributed by atoms with Crippen molar-refractivity contribution < 1.29 is 28.5 Å². The first-order chi connectivity index (χ1) is 17.1. The van der Waals surface area contributed by atoms with E-state index < -0.39 is 17.7 Å². The van der Waals surface area contributed by atoms with E-state index in [9.17, 15) is 9.59 Å².